The third kappa shape index (κ3) is 3.24. The van der Waals surface area contributed by atoms with E-state index in [2.05, 4.69) is 15.3 Å². The van der Waals surface area contributed by atoms with Crippen molar-refractivity contribution in [3.05, 3.63) is 53.1 Å². The maximum Gasteiger partial charge on any atom is 0.433 e. The van der Waals surface area contributed by atoms with E-state index in [1.165, 1.54) is 18.5 Å². The summed E-state index contributed by atoms with van der Waals surface area (Å²) >= 11 is 5.63. The Morgan fingerprint density at radius 1 is 1.25 bits per heavy atom. The van der Waals surface area contributed by atoms with Crippen LogP contribution in [0.1, 0.15) is 16.1 Å². The quantitative estimate of drug-likeness (QED) is 0.865. The van der Waals surface area contributed by atoms with Gasteiger partial charge in [0, 0.05) is 12.4 Å². The molecule has 0 unspecified atom stereocenters. The fourth-order valence-electron chi connectivity index (χ4n) is 1.38. The van der Waals surface area contributed by atoms with Gasteiger partial charge in [-0.3, -0.25) is 9.78 Å². The summed E-state index contributed by atoms with van der Waals surface area (Å²) in [6.45, 7) is 0. The molecule has 4 nitrogen and oxygen atoms in total. The van der Waals surface area contributed by atoms with E-state index in [1.54, 1.807) is 6.07 Å². The van der Waals surface area contributed by atoms with Gasteiger partial charge in [0.15, 0.2) is 5.15 Å². The SMILES string of the molecule is O=C(Nc1ccc(C(F)(F)F)nc1Cl)c1cccnc1. The van der Waals surface area contributed by atoms with E-state index < -0.39 is 22.9 Å². The van der Waals surface area contributed by atoms with Gasteiger partial charge in [-0.25, -0.2) is 4.98 Å². The number of amides is 1. The fraction of sp³-hybridized carbons (Fsp3) is 0.0833. The highest BCUT2D eigenvalue weighted by molar-refractivity contribution is 6.32. The van der Waals surface area contributed by atoms with Gasteiger partial charge in [-0.15, -0.1) is 0 Å². The van der Waals surface area contributed by atoms with Crippen molar-refractivity contribution in [2.45, 2.75) is 6.18 Å². The molecule has 8 heteroatoms. The van der Waals surface area contributed by atoms with Crippen molar-refractivity contribution in [3.63, 3.8) is 0 Å². The molecule has 2 rings (SSSR count). The molecule has 1 amide bonds. The molecule has 0 fully saturated rings. The van der Waals surface area contributed by atoms with Crippen molar-refractivity contribution in [1.29, 1.82) is 0 Å². The Balaban J connectivity index is 2.21. The zero-order chi connectivity index (χ0) is 14.8. The Morgan fingerprint density at radius 3 is 2.55 bits per heavy atom. The number of nitrogens with zero attached hydrogens (tertiary/aromatic N) is 2. The van der Waals surface area contributed by atoms with Gasteiger partial charge in [0.2, 0.25) is 0 Å². The van der Waals surface area contributed by atoms with Crippen LogP contribution in [0.15, 0.2) is 36.7 Å². The molecule has 104 valence electrons. The van der Waals surface area contributed by atoms with Gasteiger partial charge in [0.05, 0.1) is 11.3 Å². The lowest BCUT2D eigenvalue weighted by molar-refractivity contribution is -0.141. The summed E-state index contributed by atoms with van der Waals surface area (Å²) in [6, 6.07) is 4.85. The summed E-state index contributed by atoms with van der Waals surface area (Å²) in [4.78, 5) is 18.7. The van der Waals surface area contributed by atoms with Crippen LogP contribution >= 0.6 is 11.6 Å². The third-order valence-corrected chi connectivity index (χ3v) is 2.60. The molecular formula is C12H7ClF3N3O. The summed E-state index contributed by atoms with van der Waals surface area (Å²) in [5.41, 5.74) is -0.876. The third-order valence-electron chi connectivity index (χ3n) is 2.31. The number of rotatable bonds is 2. The topological polar surface area (TPSA) is 54.9 Å². The average molecular weight is 302 g/mol. The predicted molar refractivity (Wildman–Crippen MR) is 66.4 cm³/mol. The minimum atomic E-state index is -4.59. The maximum absolute atomic E-state index is 12.4. The zero-order valence-electron chi connectivity index (χ0n) is 9.78. The minimum absolute atomic E-state index is 0.00600. The van der Waals surface area contributed by atoms with E-state index in [-0.39, 0.29) is 11.3 Å². The lowest BCUT2D eigenvalue weighted by atomic mass is 10.2. The highest BCUT2D eigenvalue weighted by Gasteiger charge is 2.33. The smallest absolute Gasteiger partial charge is 0.319 e. The van der Waals surface area contributed by atoms with Crippen LogP contribution < -0.4 is 5.32 Å². The summed E-state index contributed by atoms with van der Waals surface area (Å²) in [6.07, 6.45) is -1.78. The second-order valence-corrected chi connectivity index (χ2v) is 4.09. The van der Waals surface area contributed by atoms with Gasteiger partial charge in [0.1, 0.15) is 5.69 Å². The Bertz CT molecular complexity index is 632. The number of hydrogen-bond donors (Lipinski definition) is 1. The van der Waals surface area contributed by atoms with Gasteiger partial charge >= 0.3 is 6.18 Å². The van der Waals surface area contributed by atoms with Crippen LogP contribution in [0.5, 0.6) is 0 Å². The van der Waals surface area contributed by atoms with Crippen LogP contribution in [0, 0.1) is 0 Å². The number of carbonyl (C=O) groups is 1. The van der Waals surface area contributed by atoms with Crippen molar-refractivity contribution in [2.24, 2.45) is 0 Å². The number of anilines is 1. The standard InChI is InChI=1S/C12H7ClF3N3O/c13-10-8(3-4-9(19-10)12(14,15)16)18-11(20)7-2-1-5-17-6-7/h1-6H,(H,18,20). The second kappa shape index (κ2) is 5.46. The Kier molecular flexibility index (Phi) is 3.89. The van der Waals surface area contributed by atoms with Crippen molar-refractivity contribution in [3.8, 4) is 0 Å². The molecule has 0 bridgehead atoms. The van der Waals surface area contributed by atoms with E-state index in [1.807, 2.05) is 0 Å². The first-order chi connectivity index (χ1) is 9.38. The highest BCUT2D eigenvalue weighted by atomic mass is 35.5. The van der Waals surface area contributed by atoms with Crippen molar-refractivity contribution < 1.29 is 18.0 Å². The van der Waals surface area contributed by atoms with Crippen LogP contribution in [0.25, 0.3) is 0 Å². The summed E-state index contributed by atoms with van der Waals surface area (Å²) in [5.74, 6) is -0.540. The van der Waals surface area contributed by atoms with E-state index in [0.29, 0.717) is 0 Å². The number of alkyl halides is 3. The van der Waals surface area contributed by atoms with E-state index in [4.69, 9.17) is 11.6 Å². The summed E-state index contributed by atoms with van der Waals surface area (Å²) in [5, 5.41) is 1.93. The highest BCUT2D eigenvalue weighted by Crippen LogP contribution is 2.30. The predicted octanol–water partition coefficient (Wildman–Crippen LogP) is 3.40. The molecule has 0 atom stereocenters. The summed E-state index contributed by atoms with van der Waals surface area (Å²) < 4.78 is 37.2. The molecule has 2 aromatic heterocycles. The van der Waals surface area contributed by atoms with Crippen LogP contribution in [-0.2, 0) is 6.18 Å². The second-order valence-electron chi connectivity index (χ2n) is 3.73. The molecule has 0 aromatic carbocycles. The number of hydrogen-bond acceptors (Lipinski definition) is 3. The number of carbonyl (C=O) groups excluding carboxylic acids is 1. The molecule has 2 heterocycles. The molecule has 0 aliphatic rings. The van der Waals surface area contributed by atoms with Crippen molar-refractivity contribution in [2.75, 3.05) is 5.32 Å². The van der Waals surface area contributed by atoms with Gasteiger partial charge in [-0.05, 0) is 24.3 Å². The molecule has 1 N–H and O–H groups in total. The first kappa shape index (κ1) is 14.3. The van der Waals surface area contributed by atoms with E-state index >= 15 is 0 Å². The fourth-order valence-corrected chi connectivity index (χ4v) is 1.58. The minimum Gasteiger partial charge on any atom is -0.319 e. The molecule has 20 heavy (non-hydrogen) atoms. The lowest BCUT2D eigenvalue weighted by Gasteiger charge is -2.09. The lowest BCUT2D eigenvalue weighted by Crippen LogP contribution is -2.14. The molecule has 0 radical (unpaired) electrons. The molecule has 0 spiro atoms. The first-order valence-electron chi connectivity index (χ1n) is 5.33. The van der Waals surface area contributed by atoms with Crippen molar-refractivity contribution in [1.82, 2.24) is 9.97 Å². The van der Waals surface area contributed by atoms with Crippen LogP contribution in [0.2, 0.25) is 5.15 Å². The average Bonchev–Trinajstić information content (AvgIpc) is 2.41. The molecule has 0 saturated heterocycles. The van der Waals surface area contributed by atoms with Crippen LogP contribution in [-0.4, -0.2) is 15.9 Å². The number of halogens is 4. The number of pyridine rings is 2. The van der Waals surface area contributed by atoms with Gasteiger partial charge in [0.25, 0.3) is 5.91 Å². The molecule has 0 aliphatic carbocycles. The number of aromatic nitrogens is 2. The monoisotopic (exact) mass is 301 g/mol. The van der Waals surface area contributed by atoms with E-state index in [9.17, 15) is 18.0 Å². The van der Waals surface area contributed by atoms with E-state index in [0.717, 1.165) is 12.1 Å². The van der Waals surface area contributed by atoms with Gasteiger partial charge < -0.3 is 5.32 Å². The first-order valence-corrected chi connectivity index (χ1v) is 5.71. The Hall–Kier alpha value is -2.15. The largest absolute Gasteiger partial charge is 0.433 e. The normalized spacial score (nSPS) is 11.2. The maximum atomic E-state index is 12.4. The Labute approximate surface area is 116 Å². The van der Waals surface area contributed by atoms with Crippen molar-refractivity contribution >= 4 is 23.2 Å². The summed E-state index contributed by atoms with van der Waals surface area (Å²) in [7, 11) is 0. The molecular weight excluding hydrogens is 295 g/mol. The molecule has 0 aliphatic heterocycles. The molecule has 0 saturated carbocycles. The van der Waals surface area contributed by atoms with Gasteiger partial charge in [-0.2, -0.15) is 13.2 Å². The molecule has 2 aromatic rings. The Morgan fingerprint density at radius 2 is 2.00 bits per heavy atom. The zero-order valence-corrected chi connectivity index (χ0v) is 10.5. The number of nitrogens with one attached hydrogen (secondary N) is 1. The van der Waals surface area contributed by atoms with Gasteiger partial charge in [-0.1, -0.05) is 11.6 Å². The van der Waals surface area contributed by atoms with Crippen LogP contribution in [0.4, 0.5) is 18.9 Å². The van der Waals surface area contributed by atoms with Crippen LogP contribution in [0.3, 0.4) is 0 Å².